The monoisotopic (exact) mass is 511 g/mol. The Kier molecular flexibility index (Phi) is 7.91. The van der Waals surface area contributed by atoms with Gasteiger partial charge in [-0.25, -0.2) is 12.8 Å². The van der Waals surface area contributed by atoms with Crippen molar-refractivity contribution in [3.05, 3.63) is 89.7 Å². The molecule has 0 unspecified atom stereocenters. The molecule has 0 atom stereocenters. The second kappa shape index (κ2) is 11.1. The van der Waals surface area contributed by atoms with Crippen molar-refractivity contribution >= 4 is 21.6 Å². The molecule has 3 aromatic rings. The number of aryl methyl sites for hydroxylation is 1. The van der Waals surface area contributed by atoms with Crippen LogP contribution in [-0.4, -0.2) is 63.4 Å². The van der Waals surface area contributed by atoms with Gasteiger partial charge in [0.1, 0.15) is 11.6 Å². The summed E-state index contributed by atoms with van der Waals surface area (Å²) in [5.41, 5.74) is 2.38. The number of benzene rings is 3. The van der Waals surface area contributed by atoms with Crippen molar-refractivity contribution in [2.45, 2.75) is 18.4 Å². The summed E-state index contributed by atoms with van der Waals surface area (Å²) in [5.74, 6) is 0.0523. The highest BCUT2D eigenvalue weighted by Crippen LogP contribution is 2.25. The Morgan fingerprint density at radius 1 is 0.972 bits per heavy atom. The van der Waals surface area contributed by atoms with Gasteiger partial charge in [-0.15, -0.1) is 0 Å². The number of anilines is 1. The average Bonchev–Trinajstić information content (AvgIpc) is 2.89. The number of piperazine rings is 1. The Morgan fingerprint density at radius 3 is 2.25 bits per heavy atom. The number of methoxy groups -OCH3 is 1. The third-order valence-corrected chi connectivity index (χ3v) is 8.13. The smallest absolute Gasteiger partial charge is 0.243 e. The molecule has 0 aliphatic carbocycles. The first kappa shape index (κ1) is 25.7. The maximum Gasteiger partial charge on any atom is 0.243 e. The van der Waals surface area contributed by atoms with Gasteiger partial charge >= 0.3 is 0 Å². The molecular weight excluding hydrogens is 481 g/mol. The number of halogens is 1. The second-order valence-electron chi connectivity index (χ2n) is 8.73. The van der Waals surface area contributed by atoms with Crippen molar-refractivity contribution in [2.75, 3.05) is 44.7 Å². The van der Waals surface area contributed by atoms with E-state index in [1.165, 1.54) is 29.6 Å². The van der Waals surface area contributed by atoms with Gasteiger partial charge in [-0.2, -0.15) is 4.31 Å². The highest BCUT2D eigenvalue weighted by Gasteiger charge is 2.30. The Balaban J connectivity index is 1.51. The summed E-state index contributed by atoms with van der Waals surface area (Å²) in [5, 5.41) is 0. The molecule has 36 heavy (non-hydrogen) atoms. The molecule has 0 N–H and O–H groups in total. The van der Waals surface area contributed by atoms with Crippen LogP contribution in [0.15, 0.2) is 77.7 Å². The van der Waals surface area contributed by atoms with Crippen LogP contribution in [0.2, 0.25) is 0 Å². The summed E-state index contributed by atoms with van der Waals surface area (Å²) in [7, 11) is -2.42. The van der Waals surface area contributed by atoms with Crippen molar-refractivity contribution in [1.29, 1.82) is 0 Å². The zero-order chi connectivity index (χ0) is 25.7. The number of sulfonamides is 1. The predicted molar refractivity (Wildman–Crippen MR) is 137 cm³/mol. The summed E-state index contributed by atoms with van der Waals surface area (Å²) in [6, 6.07) is 20.2. The minimum atomic E-state index is -3.95. The van der Waals surface area contributed by atoms with Gasteiger partial charge < -0.3 is 14.5 Å². The molecule has 3 aromatic carbocycles. The normalized spacial score (nSPS) is 14.2. The number of hydrogen-bond donors (Lipinski definition) is 0. The number of rotatable bonds is 8. The highest BCUT2D eigenvalue weighted by molar-refractivity contribution is 7.89. The number of nitrogens with zero attached hydrogens (tertiary/aromatic N) is 3. The van der Waals surface area contributed by atoms with Crippen LogP contribution in [0.25, 0.3) is 0 Å². The third kappa shape index (κ3) is 5.85. The van der Waals surface area contributed by atoms with E-state index in [1.54, 1.807) is 36.1 Å². The fourth-order valence-corrected chi connectivity index (χ4v) is 5.75. The van der Waals surface area contributed by atoms with Crippen molar-refractivity contribution in [1.82, 2.24) is 9.21 Å². The molecule has 4 rings (SSSR count). The Morgan fingerprint density at radius 2 is 1.64 bits per heavy atom. The summed E-state index contributed by atoms with van der Waals surface area (Å²) in [6.07, 6.45) is 0. The van der Waals surface area contributed by atoms with Gasteiger partial charge in [0.15, 0.2) is 0 Å². The maximum absolute atomic E-state index is 13.6. The minimum absolute atomic E-state index is 0.0789. The number of carbonyl (C=O) groups excluding carboxylic acids is 1. The fraction of sp³-hybridized carbons (Fsp3) is 0.296. The van der Waals surface area contributed by atoms with Gasteiger partial charge in [-0.05, 0) is 60.5 Å². The van der Waals surface area contributed by atoms with E-state index >= 15 is 0 Å². The first-order chi connectivity index (χ1) is 17.3. The lowest BCUT2D eigenvalue weighted by molar-refractivity contribution is -0.131. The lowest BCUT2D eigenvalue weighted by Crippen LogP contribution is -2.51. The molecule has 1 aliphatic heterocycles. The van der Waals surface area contributed by atoms with Gasteiger partial charge in [-0.3, -0.25) is 4.79 Å². The van der Waals surface area contributed by atoms with Crippen LogP contribution in [0.4, 0.5) is 10.1 Å². The molecule has 1 aliphatic rings. The fourth-order valence-electron chi connectivity index (χ4n) is 4.29. The van der Waals surface area contributed by atoms with E-state index in [0.29, 0.717) is 37.5 Å². The molecule has 0 spiro atoms. The Hall–Kier alpha value is -3.43. The highest BCUT2D eigenvalue weighted by atomic mass is 32.2. The van der Waals surface area contributed by atoms with Crippen molar-refractivity contribution in [3.8, 4) is 5.75 Å². The zero-order valence-corrected chi connectivity index (χ0v) is 21.2. The molecule has 0 saturated carbocycles. The summed E-state index contributed by atoms with van der Waals surface area (Å²) in [4.78, 5) is 17.2. The van der Waals surface area contributed by atoms with Crippen LogP contribution in [0.5, 0.6) is 5.75 Å². The lowest BCUT2D eigenvalue weighted by Gasteiger charge is -2.37. The van der Waals surface area contributed by atoms with Crippen LogP contribution in [0.3, 0.4) is 0 Å². The molecule has 1 saturated heterocycles. The van der Waals surface area contributed by atoms with Crippen LogP contribution in [-0.2, 0) is 21.4 Å². The predicted octanol–water partition coefficient (Wildman–Crippen LogP) is 3.68. The molecule has 0 radical (unpaired) electrons. The Bertz CT molecular complexity index is 1290. The van der Waals surface area contributed by atoms with Crippen LogP contribution in [0, 0.1) is 12.7 Å². The number of hydrogen-bond acceptors (Lipinski definition) is 5. The molecule has 1 fully saturated rings. The Labute approximate surface area is 211 Å². The topological polar surface area (TPSA) is 70.2 Å². The van der Waals surface area contributed by atoms with Gasteiger partial charge in [0.2, 0.25) is 15.9 Å². The number of ether oxygens (including phenoxy) is 1. The van der Waals surface area contributed by atoms with Crippen LogP contribution in [0.1, 0.15) is 11.1 Å². The van der Waals surface area contributed by atoms with Crippen LogP contribution >= 0.6 is 0 Å². The van der Waals surface area contributed by atoms with E-state index in [9.17, 15) is 17.6 Å². The minimum Gasteiger partial charge on any atom is -0.496 e. The summed E-state index contributed by atoms with van der Waals surface area (Å²) in [6.45, 7) is 3.68. The average molecular weight is 512 g/mol. The van der Waals surface area contributed by atoms with E-state index in [1.807, 2.05) is 30.3 Å². The number of amides is 1. The molecular formula is C27H30FN3O4S. The van der Waals surface area contributed by atoms with E-state index in [4.69, 9.17) is 4.74 Å². The molecule has 0 aromatic heterocycles. The van der Waals surface area contributed by atoms with E-state index in [2.05, 4.69) is 4.90 Å². The van der Waals surface area contributed by atoms with Gasteiger partial charge in [0, 0.05) is 38.4 Å². The van der Waals surface area contributed by atoms with Crippen molar-refractivity contribution < 1.29 is 22.3 Å². The van der Waals surface area contributed by atoms with Gasteiger partial charge in [0.25, 0.3) is 0 Å². The van der Waals surface area contributed by atoms with Crippen LogP contribution < -0.4 is 9.64 Å². The molecule has 7 nitrogen and oxygen atoms in total. The quantitative estimate of drug-likeness (QED) is 0.462. The second-order valence-corrected chi connectivity index (χ2v) is 10.7. The lowest BCUT2D eigenvalue weighted by atomic mass is 10.2. The first-order valence-electron chi connectivity index (χ1n) is 11.7. The largest absolute Gasteiger partial charge is 0.496 e. The zero-order valence-electron chi connectivity index (χ0n) is 20.4. The molecule has 0 bridgehead atoms. The SMILES string of the molecule is COc1ccc(S(=O)(=O)N(CC(=O)N2CCN(c3ccc(F)cc3)CC2)Cc2ccccc2)cc1C. The molecule has 190 valence electrons. The van der Waals surface area contributed by atoms with E-state index in [0.717, 1.165) is 11.3 Å². The first-order valence-corrected chi connectivity index (χ1v) is 13.2. The summed E-state index contributed by atoms with van der Waals surface area (Å²) < 4.78 is 47.0. The third-order valence-electron chi connectivity index (χ3n) is 6.34. The van der Waals surface area contributed by atoms with E-state index < -0.39 is 10.0 Å². The standard InChI is InChI=1S/C27H30FN3O4S/c1-21-18-25(12-13-26(21)35-2)36(33,34)31(19-22-6-4-3-5-7-22)20-27(32)30-16-14-29(15-17-30)24-10-8-23(28)9-11-24/h3-13,18H,14-17,19-20H2,1-2H3. The van der Waals surface area contributed by atoms with E-state index in [-0.39, 0.29) is 29.7 Å². The molecule has 9 heteroatoms. The van der Waals surface area contributed by atoms with Crippen molar-refractivity contribution in [3.63, 3.8) is 0 Å². The van der Waals surface area contributed by atoms with Crippen molar-refractivity contribution in [2.24, 2.45) is 0 Å². The molecule has 1 heterocycles. The van der Waals surface area contributed by atoms with Gasteiger partial charge in [0.05, 0.1) is 18.6 Å². The maximum atomic E-state index is 13.6. The summed E-state index contributed by atoms with van der Waals surface area (Å²) >= 11 is 0. The van der Waals surface area contributed by atoms with Gasteiger partial charge in [-0.1, -0.05) is 30.3 Å². The number of carbonyl (C=O) groups is 1. The molecule has 1 amide bonds.